The molecule has 7 nitrogen and oxygen atoms in total. The fourth-order valence-corrected chi connectivity index (χ4v) is 9.70. The van der Waals surface area contributed by atoms with Crippen LogP contribution in [0.2, 0.25) is 0 Å². The van der Waals surface area contributed by atoms with E-state index in [-0.39, 0.29) is 40.9 Å². The number of carbonyl (C=O) groups is 3. The van der Waals surface area contributed by atoms with Crippen LogP contribution in [0.25, 0.3) is 0 Å². The molecule has 3 aliphatic heterocycles. The monoisotopic (exact) mass is 529 g/mol. The van der Waals surface area contributed by atoms with E-state index in [0.717, 1.165) is 18.4 Å². The first-order valence-corrected chi connectivity index (χ1v) is 14.4. The van der Waals surface area contributed by atoms with Crippen molar-refractivity contribution < 1.29 is 19.5 Å². The molecule has 3 aliphatic rings. The number of hydrogen-bond acceptors (Lipinski definition) is 5. The number of rotatable bonds is 9. The summed E-state index contributed by atoms with van der Waals surface area (Å²) >= 11 is 1.69. The normalized spacial score (nSPS) is 30.9. The Morgan fingerprint density at radius 2 is 1.81 bits per heavy atom. The van der Waals surface area contributed by atoms with Gasteiger partial charge in [0.1, 0.15) is 6.04 Å². The number of aliphatic hydroxyl groups is 1. The highest BCUT2D eigenvalue weighted by molar-refractivity contribution is 8.02. The van der Waals surface area contributed by atoms with Crippen molar-refractivity contribution in [2.24, 2.45) is 23.2 Å². The van der Waals surface area contributed by atoms with Crippen LogP contribution in [0, 0.1) is 23.2 Å². The maximum absolute atomic E-state index is 14.0. The lowest BCUT2D eigenvalue weighted by molar-refractivity contribution is -0.140. The van der Waals surface area contributed by atoms with Gasteiger partial charge in [0.05, 0.1) is 16.6 Å². The van der Waals surface area contributed by atoms with Crippen LogP contribution >= 0.6 is 11.8 Å². The highest BCUT2D eigenvalue weighted by Crippen LogP contribution is 2.68. The number of aliphatic hydroxyl groups excluding tert-OH is 1. The van der Waals surface area contributed by atoms with Crippen LogP contribution in [0.4, 0.5) is 0 Å². The highest BCUT2D eigenvalue weighted by Gasteiger charge is 2.75. The molecule has 1 aromatic carbocycles. The van der Waals surface area contributed by atoms with Crippen molar-refractivity contribution >= 4 is 29.5 Å². The van der Waals surface area contributed by atoms with Crippen molar-refractivity contribution in [3.63, 3.8) is 0 Å². The second-order valence-electron chi connectivity index (χ2n) is 13.0. The zero-order valence-corrected chi connectivity index (χ0v) is 23.9. The number of nitrogens with one attached hydrogen (secondary N) is 2. The average molecular weight is 530 g/mol. The highest BCUT2D eigenvalue weighted by atomic mass is 32.2. The predicted octanol–water partition coefficient (Wildman–Crippen LogP) is 3.35. The first kappa shape index (κ1) is 28.0. The summed E-state index contributed by atoms with van der Waals surface area (Å²) in [4.78, 5) is 43.3. The van der Waals surface area contributed by atoms with Crippen molar-refractivity contribution in [1.29, 1.82) is 0 Å². The van der Waals surface area contributed by atoms with Gasteiger partial charge in [0, 0.05) is 30.5 Å². The first-order valence-electron chi connectivity index (χ1n) is 13.5. The molecule has 3 N–H and O–H groups in total. The lowest BCUT2D eigenvalue weighted by atomic mass is 9.65. The average Bonchev–Trinajstić information content (AvgIpc) is 3.38. The Kier molecular flexibility index (Phi) is 7.75. The number of likely N-dealkylation sites (tertiary alicyclic amines) is 1. The van der Waals surface area contributed by atoms with Crippen LogP contribution in [0.5, 0.6) is 0 Å². The van der Waals surface area contributed by atoms with Crippen LogP contribution in [-0.4, -0.2) is 62.5 Å². The SMILES string of the molecule is CC1C[C@@H]2SC13C(C(=O)NC(C)(C)CC(C)(C)C)N(CCCO)C(=O)[C@@H]3[C@@H]2C(=O)NCc1ccccc1. The van der Waals surface area contributed by atoms with Crippen LogP contribution in [0.3, 0.4) is 0 Å². The second-order valence-corrected chi connectivity index (χ2v) is 14.5. The van der Waals surface area contributed by atoms with Gasteiger partial charge >= 0.3 is 0 Å². The van der Waals surface area contributed by atoms with Crippen LogP contribution in [0.1, 0.15) is 66.4 Å². The molecular formula is C29H43N3O4S. The second kappa shape index (κ2) is 10.3. The zero-order valence-electron chi connectivity index (χ0n) is 23.0. The Bertz CT molecular complexity index is 1020. The van der Waals surface area contributed by atoms with E-state index in [1.54, 1.807) is 16.7 Å². The van der Waals surface area contributed by atoms with Gasteiger partial charge in [-0.05, 0) is 50.0 Å². The van der Waals surface area contributed by atoms with Crippen LogP contribution < -0.4 is 10.6 Å². The van der Waals surface area contributed by atoms with E-state index in [0.29, 0.717) is 19.5 Å². The summed E-state index contributed by atoms with van der Waals surface area (Å²) in [7, 11) is 0. The number of benzene rings is 1. The Labute approximate surface area is 225 Å². The zero-order chi connectivity index (χ0) is 27.2. The van der Waals surface area contributed by atoms with Gasteiger partial charge in [0.2, 0.25) is 17.7 Å². The molecule has 0 saturated carbocycles. The standard InChI is InChI=1S/C29H43N3O4S/c1-18-15-20-21(24(34)30-16-19-11-8-7-9-12-19)22-26(36)32(13-10-14-33)23(29(18,22)37-20)25(35)31-28(5,6)17-27(2,3)4/h7-9,11-12,18,20-23,33H,10,13-17H2,1-6H3,(H,30,34)(H,31,35)/t18?,20-,21+,22-,23?,29?/m0/s1. The quantitative estimate of drug-likeness (QED) is 0.456. The van der Waals surface area contributed by atoms with Gasteiger partial charge in [-0.15, -0.1) is 11.8 Å². The summed E-state index contributed by atoms with van der Waals surface area (Å²) in [6, 6.07) is 9.10. The number of thioether (sulfide) groups is 1. The third kappa shape index (κ3) is 5.29. The number of hydrogen-bond donors (Lipinski definition) is 3. The molecule has 3 unspecified atom stereocenters. The maximum atomic E-state index is 14.0. The molecule has 3 fully saturated rings. The van der Waals surface area contributed by atoms with Gasteiger partial charge in [0.25, 0.3) is 0 Å². The fourth-order valence-electron chi connectivity index (χ4n) is 7.28. The van der Waals surface area contributed by atoms with Gasteiger partial charge < -0.3 is 20.6 Å². The molecule has 0 aliphatic carbocycles. The summed E-state index contributed by atoms with van der Waals surface area (Å²) < 4.78 is -0.645. The predicted molar refractivity (Wildman–Crippen MR) is 147 cm³/mol. The third-order valence-corrected chi connectivity index (χ3v) is 10.2. The first-order chi connectivity index (χ1) is 17.3. The Hall–Kier alpha value is -2.06. The van der Waals surface area contributed by atoms with Crippen LogP contribution in [-0.2, 0) is 20.9 Å². The number of amides is 3. The molecule has 1 aromatic rings. The maximum Gasteiger partial charge on any atom is 0.244 e. The van der Waals surface area contributed by atoms with E-state index in [1.807, 2.05) is 44.2 Å². The molecule has 3 amide bonds. The van der Waals surface area contributed by atoms with E-state index >= 15 is 0 Å². The molecule has 6 atom stereocenters. The van der Waals surface area contributed by atoms with E-state index in [9.17, 15) is 19.5 Å². The van der Waals surface area contributed by atoms with E-state index in [4.69, 9.17) is 0 Å². The summed E-state index contributed by atoms with van der Waals surface area (Å²) in [5.74, 6) is -1.26. The molecule has 37 heavy (non-hydrogen) atoms. The lowest BCUT2D eigenvalue weighted by Crippen LogP contribution is -2.60. The van der Waals surface area contributed by atoms with Crippen molar-refractivity contribution in [3.8, 4) is 0 Å². The summed E-state index contributed by atoms with van der Waals surface area (Å²) in [6.45, 7) is 13.3. The minimum Gasteiger partial charge on any atom is -0.396 e. The van der Waals surface area contributed by atoms with E-state index in [1.165, 1.54) is 0 Å². The Morgan fingerprint density at radius 1 is 1.14 bits per heavy atom. The minimum absolute atomic E-state index is 0.0117. The third-order valence-electron chi connectivity index (χ3n) is 8.10. The molecule has 0 radical (unpaired) electrons. The number of nitrogens with zero attached hydrogens (tertiary/aromatic N) is 1. The van der Waals surface area contributed by atoms with Crippen molar-refractivity contribution in [3.05, 3.63) is 35.9 Å². The molecule has 8 heteroatoms. The number of carbonyl (C=O) groups excluding carboxylic acids is 3. The summed E-state index contributed by atoms with van der Waals surface area (Å²) in [6.07, 6.45) is 1.99. The van der Waals surface area contributed by atoms with E-state index in [2.05, 4.69) is 38.3 Å². The summed E-state index contributed by atoms with van der Waals surface area (Å²) in [5, 5.41) is 15.9. The van der Waals surface area contributed by atoms with Gasteiger partial charge in [-0.3, -0.25) is 14.4 Å². The summed E-state index contributed by atoms with van der Waals surface area (Å²) in [5.41, 5.74) is 0.581. The van der Waals surface area contributed by atoms with Gasteiger partial charge in [-0.1, -0.05) is 58.0 Å². The number of fused-ring (bicyclic) bond motifs is 1. The molecule has 1 spiro atoms. The van der Waals surface area contributed by atoms with Crippen molar-refractivity contribution in [1.82, 2.24) is 15.5 Å². The van der Waals surface area contributed by atoms with Crippen LogP contribution in [0.15, 0.2) is 30.3 Å². The van der Waals surface area contributed by atoms with Gasteiger partial charge in [-0.25, -0.2) is 0 Å². The fraction of sp³-hybridized carbons (Fsp3) is 0.690. The molecule has 2 bridgehead atoms. The van der Waals surface area contributed by atoms with Gasteiger partial charge in [0.15, 0.2) is 0 Å². The molecule has 3 heterocycles. The Morgan fingerprint density at radius 3 is 2.43 bits per heavy atom. The minimum atomic E-state index is -0.660. The molecule has 204 valence electrons. The molecule has 3 saturated heterocycles. The topological polar surface area (TPSA) is 98.7 Å². The van der Waals surface area contributed by atoms with Crippen molar-refractivity contribution in [2.45, 2.75) is 88.9 Å². The smallest absolute Gasteiger partial charge is 0.244 e. The molecule has 4 rings (SSSR count). The van der Waals surface area contributed by atoms with E-state index < -0.39 is 28.2 Å². The largest absolute Gasteiger partial charge is 0.396 e. The Balaban J connectivity index is 1.63. The lowest BCUT2D eigenvalue weighted by Gasteiger charge is -2.41. The van der Waals surface area contributed by atoms with Gasteiger partial charge in [-0.2, -0.15) is 0 Å². The van der Waals surface area contributed by atoms with Crippen molar-refractivity contribution in [2.75, 3.05) is 13.2 Å². The molecule has 0 aromatic heterocycles. The molecular weight excluding hydrogens is 486 g/mol.